The van der Waals surface area contributed by atoms with Crippen molar-refractivity contribution in [1.29, 1.82) is 5.26 Å². The normalized spacial score (nSPS) is 11.2. The minimum atomic E-state index is -4.09. The largest absolute Gasteiger partial charge is 0.257 e. The Morgan fingerprint density at radius 2 is 2.22 bits per heavy atom. The number of primary sulfonamides is 1. The van der Waals surface area contributed by atoms with Crippen molar-refractivity contribution in [2.24, 2.45) is 5.14 Å². The van der Waals surface area contributed by atoms with Gasteiger partial charge in [-0.15, -0.1) is 0 Å². The third-order valence-electron chi connectivity index (χ3n) is 2.18. The Morgan fingerprint density at radius 1 is 1.50 bits per heavy atom. The van der Waals surface area contributed by atoms with E-state index in [1.54, 1.807) is 6.07 Å². The van der Waals surface area contributed by atoms with Gasteiger partial charge in [0, 0.05) is 12.3 Å². The molecule has 0 unspecified atom stereocenters. The Kier molecular flexibility index (Phi) is 2.82. The van der Waals surface area contributed by atoms with Gasteiger partial charge >= 0.3 is 0 Å². The van der Waals surface area contributed by atoms with Crippen LogP contribution in [0, 0.1) is 18.3 Å². The molecule has 2 heterocycles. The molecule has 0 saturated heterocycles. The minimum absolute atomic E-state index is 0.0869. The van der Waals surface area contributed by atoms with Crippen LogP contribution in [0.1, 0.15) is 11.3 Å². The van der Waals surface area contributed by atoms with Gasteiger partial charge in [-0.3, -0.25) is 0 Å². The maximum atomic E-state index is 11.5. The predicted octanol–water partition coefficient (Wildman–Crippen LogP) is -0.510. The van der Waals surface area contributed by atoms with E-state index in [9.17, 15) is 8.42 Å². The van der Waals surface area contributed by atoms with Gasteiger partial charge in [0.1, 0.15) is 18.0 Å². The van der Waals surface area contributed by atoms with E-state index in [-0.39, 0.29) is 22.1 Å². The van der Waals surface area contributed by atoms with E-state index in [1.165, 1.54) is 25.5 Å². The molecule has 0 radical (unpaired) electrons. The fourth-order valence-electron chi connectivity index (χ4n) is 1.46. The lowest BCUT2D eigenvalue weighted by Gasteiger charge is -2.03. The molecule has 0 atom stereocenters. The number of nitriles is 1. The van der Waals surface area contributed by atoms with Crippen LogP contribution >= 0.6 is 0 Å². The van der Waals surface area contributed by atoms with Crippen molar-refractivity contribution >= 4 is 10.0 Å². The van der Waals surface area contributed by atoms with Crippen molar-refractivity contribution in [3.8, 4) is 11.9 Å². The average Bonchev–Trinajstić information content (AvgIpc) is 2.67. The summed E-state index contributed by atoms with van der Waals surface area (Å²) in [5, 5.41) is 17.7. The molecule has 0 saturated carbocycles. The highest BCUT2D eigenvalue weighted by atomic mass is 32.2. The maximum Gasteiger partial charge on any atom is 0.257 e. The lowest BCUT2D eigenvalue weighted by atomic mass is 10.3. The molecule has 0 bridgehead atoms. The first-order chi connectivity index (χ1) is 8.45. The number of aryl methyl sites for hydroxylation is 1. The van der Waals surface area contributed by atoms with Gasteiger partial charge in [0.15, 0.2) is 10.8 Å². The lowest BCUT2D eigenvalue weighted by molar-refractivity contribution is 0.586. The number of sulfonamides is 1. The van der Waals surface area contributed by atoms with Gasteiger partial charge < -0.3 is 0 Å². The van der Waals surface area contributed by atoms with Crippen molar-refractivity contribution in [2.45, 2.75) is 11.9 Å². The molecule has 2 aromatic heterocycles. The standard InChI is InChI=1S/C9H8N6O2S/c1-6-7(4-10)9(18(11,16)17)15(14-6)8-2-3-12-5-13-8/h2-3,5H,1H3,(H2,11,16,17). The molecule has 0 spiro atoms. The molecule has 2 N–H and O–H groups in total. The number of hydrogen-bond acceptors (Lipinski definition) is 6. The minimum Gasteiger partial charge on any atom is -0.245 e. The number of nitrogens with zero attached hydrogens (tertiary/aromatic N) is 5. The van der Waals surface area contributed by atoms with Crippen LogP contribution in [0.25, 0.3) is 5.82 Å². The lowest BCUT2D eigenvalue weighted by Crippen LogP contribution is -2.18. The number of hydrogen-bond donors (Lipinski definition) is 1. The molecule has 92 valence electrons. The molecule has 2 aromatic rings. The van der Waals surface area contributed by atoms with Crippen LogP contribution < -0.4 is 5.14 Å². The van der Waals surface area contributed by atoms with Gasteiger partial charge in [-0.2, -0.15) is 10.4 Å². The maximum absolute atomic E-state index is 11.5. The monoisotopic (exact) mass is 264 g/mol. The summed E-state index contributed by atoms with van der Waals surface area (Å²) in [7, 11) is -4.09. The summed E-state index contributed by atoms with van der Waals surface area (Å²) in [5.41, 5.74) is 0.177. The van der Waals surface area contributed by atoms with Gasteiger partial charge in [-0.1, -0.05) is 0 Å². The summed E-state index contributed by atoms with van der Waals surface area (Å²) in [6.45, 7) is 1.52. The van der Waals surface area contributed by atoms with Gasteiger partial charge in [0.2, 0.25) is 0 Å². The van der Waals surface area contributed by atoms with Crippen LogP contribution in [0.2, 0.25) is 0 Å². The summed E-state index contributed by atoms with van der Waals surface area (Å²) < 4.78 is 24.1. The molecule has 0 aliphatic carbocycles. The van der Waals surface area contributed by atoms with E-state index in [1.807, 2.05) is 0 Å². The summed E-state index contributed by atoms with van der Waals surface area (Å²) in [4.78, 5) is 7.59. The number of aromatic nitrogens is 4. The van der Waals surface area contributed by atoms with Crippen molar-refractivity contribution in [2.75, 3.05) is 0 Å². The third kappa shape index (κ3) is 1.94. The van der Waals surface area contributed by atoms with Crippen LogP contribution in [0.3, 0.4) is 0 Å². The van der Waals surface area contributed by atoms with E-state index in [0.29, 0.717) is 0 Å². The second-order valence-electron chi connectivity index (χ2n) is 3.40. The summed E-state index contributed by atoms with van der Waals surface area (Å²) in [5.74, 6) is 0.221. The van der Waals surface area contributed by atoms with Crippen LogP contribution in [0.5, 0.6) is 0 Å². The van der Waals surface area contributed by atoms with Gasteiger partial charge in [0.25, 0.3) is 10.0 Å². The molecule has 2 rings (SSSR count). The van der Waals surface area contributed by atoms with Gasteiger partial charge in [-0.05, 0) is 6.92 Å². The van der Waals surface area contributed by atoms with Crippen LogP contribution in [0.15, 0.2) is 23.6 Å². The number of nitrogens with two attached hydrogens (primary N) is 1. The second kappa shape index (κ2) is 4.17. The Morgan fingerprint density at radius 3 is 2.72 bits per heavy atom. The Balaban J connectivity index is 2.83. The Hall–Kier alpha value is -2.31. The van der Waals surface area contributed by atoms with Crippen molar-refractivity contribution < 1.29 is 8.42 Å². The molecule has 9 heteroatoms. The molecule has 0 amide bonds. The van der Waals surface area contributed by atoms with E-state index in [0.717, 1.165) is 4.68 Å². The van der Waals surface area contributed by atoms with E-state index in [4.69, 9.17) is 10.4 Å². The fourth-order valence-corrected chi connectivity index (χ4v) is 2.32. The molecular weight excluding hydrogens is 256 g/mol. The quantitative estimate of drug-likeness (QED) is 0.778. The SMILES string of the molecule is Cc1nn(-c2ccncn2)c(S(N)(=O)=O)c1C#N. The van der Waals surface area contributed by atoms with Gasteiger partial charge in [-0.25, -0.2) is 28.2 Å². The molecule has 0 aliphatic rings. The number of rotatable bonds is 2. The highest BCUT2D eigenvalue weighted by molar-refractivity contribution is 7.89. The predicted molar refractivity (Wildman–Crippen MR) is 60.0 cm³/mol. The zero-order valence-electron chi connectivity index (χ0n) is 9.27. The topological polar surface area (TPSA) is 128 Å². The average molecular weight is 264 g/mol. The van der Waals surface area contributed by atoms with Gasteiger partial charge in [0.05, 0.1) is 5.69 Å². The second-order valence-corrected chi connectivity index (χ2v) is 4.88. The third-order valence-corrected chi connectivity index (χ3v) is 3.10. The molecule has 18 heavy (non-hydrogen) atoms. The first-order valence-electron chi connectivity index (χ1n) is 4.74. The van der Waals surface area contributed by atoms with Crippen LogP contribution in [-0.2, 0) is 10.0 Å². The van der Waals surface area contributed by atoms with Crippen molar-refractivity contribution in [3.63, 3.8) is 0 Å². The summed E-state index contributed by atoms with van der Waals surface area (Å²) in [6.07, 6.45) is 2.67. The highest BCUT2D eigenvalue weighted by Gasteiger charge is 2.25. The van der Waals surface area contributed by atoms with Crippen molar-refractivity contribution in [3.05, 3.63) is 29.8 Å². The fraction of sp³-hybridized carbons (Fsp3) is 0.111. The molecule has 0 aromatic carbocycles. The first-order valence-corrected chi connectivity index (χ1v) is 6.28. The van der Waals surface area contributed by atoms with Crippen LogP contribution in [-0.4, -0.2) is 28.2 Å². The molecule has 8 nitrogen and oxygen atoms in total. The molecular formula is C9H8N6O2S. The smallest absolute Gasteiger partial charge is 0.245 e. The van der Waals surface area contributed by atoms with Crippen LogP contribution in [0.4, 0.5) is 0 Å². The Bertz CT molecular complexity index is 728. The Labute approximate surface area is 103 Å². The molecule has 0 aliphatic heterocycles. The van der Waals surface area contributed by atoms with Crippen molar-refractivity contribution in [1.82, 2.24) is 19.7 Å². The van der Waals surface area contributed by atoms with E-state index < -0.39 is 10.0 Å². The van der Waals surface area contributed by atoms with E-state index >= 15 is 0 Å². The highest BCUT2D eigenvalue weighted by Crippen LogP contribution is 2.19. The zero-order valence-corrected chi connectivity index (χ0v) is 10.1. The summed E-state index contributed by atoms with van der Waals surface area (Å²) in [6, 6.07) is 3.24. The summed E-state index contributed by atoms with van der Waals surface area (Å²) >= 11 is 0. The zero-order chi connectivity index (χ0) is 13.3. The first kappa shape index (κ1) is 12.2. The molecule has 0 fully saturated rings. The van der Waals surface area contributed by atoms with E-state index in [2.05, 4.69) is 15.1 Å².